The molecule has 0 aliphatic rings. The maximum absolute atomic E-state index is 13.7. The Hall–Kier alpha value is -3.29. The minimum atomic E-state index is -0.861. The van der Waals surface area contributed by atoms with E-state index in [0.29, 0.717) is 17.7 Å². The van der Waals surface area contributed by atoms with Crippen molar-refractivity contribution in [3.63, 3.8) is 0 Å². The van der Waals surface area contributed by atoms with E-state index in [9.17, 15) is 13.6 Å². The first-order valence-corrected chi connectivity index (χ1v) is 7.49. The smallest absolute Gasteiger partial charge is 0.320 e. The molecule has 2 amide bonds. The summed E-state index contributed by atoms with van der Waals surface area (Å²) in [6.45, 7) is 1.74. The quantitative estimate of drug-likeness (QED) is 0.680. The highest BCUT2D eigenvalue weighted by Gasteiger charge is 2.21. The summed E-state index contributed by atoms with van der Waals surface area (Å²) in [5.74, 6) is -0.608. The third-order valence-corrected chi connectivity index (χ3v) is 3.46. The Morgan fingerprint density at radius 1 is 1.16 bits per heavy atom. The number of aromatic nitrogens is 3. The lowest BCUT2D eigenvalue weighted by Gasteiger charge is -2.17. The van der Waals surface area contributed by atoms with Crippen LogP contribution in [0.15, 0.2) is 48.5 Å². The molecule has 0 aliphatic carbocycles. The predicted molar refractivity (Wildman–Crippen MR) is 87.9 cm³/mol. The molecule has 3 N–H and O–H groups in total. The molecule has 0 saturated heterocycles. The summed E-state index contributed by atoms with van der Waals surface area (Å²) < 4.78 is 26.6. The van der Waals surface area contributed by atoms with Crippen LogP contribution >= 0.6 is 0 Å². The molecule has 3 aromatic rings. The number of carbonyl (C=O) groups excluding carboxylic acids is 1. The molecular formula is C17H15F2N5O. The zero-order valence-corrected chi connectivity index (χ0v) is 13.3. The highest BCUT2D eigenvalue weighted by molar-refractivity contribution is 5.89. The summed E-state index contributed by atoms with van der Waals surface area (Å²) in [5, 5.41) is 11.9. The van der Waals surface area contributed by atoms with Crippen LogP contribution in [0.4, 0.5) is 19.3 Å². The summed E-state index contributed by atoms with van der Waals surface area (Å²) in [6.07, 6.45) is 0. The summed E-state index contributed by atoms with van der Waals surface area (Å²) in [6, 6.07) is 10.7. The molecule has 1 aromatic heterocycles. The summed E-state index contributed by atoms with van der Waals surface area (Å²) in [5.41, 5.74) is 0.633. The molecule has 2 aromatic carbocycles. The number of anilines is 1. The van der Waals surface area contributed by atoms with Crippen molar-refractivity contribution in [2.24, 2.45) is 0 Å². The maximum Gasteiger partial charge on any atom is 0.320 e. The lowest BCUT2D eigenvalue weighted by Crippen LogP contribution is -2.34. The number of carbonyl (C=O) groups is 1. The van der Waals surface area contributed by atoms with Gasteiger partial charge in [0, 0.05) is 6.07 Å². The standard InChI is InChI=1S/C17H15F2N5O/c1-10-20-16(24-23-10)15(11-5-3-2-4-6-11)22-17(25)21-14-8-7-12(18)9-13(14)19/h2-9,15H,1H3,(H,20,23,24)(H2,21,22,25)/t15-/m0/s1. The Bertz CT molecular complexity index is 882. The van der Waals surface area contributed by atoms with Crippen LogP contribution in [0.1, 0.15) is 23.3 Å². The number of benzene rings is 2. The van der Waals surface area contributed by atoms with Gasteiger partial charge in [0.25, 0.3) is 0 Å². The van der Waals surface area contributed by atoms with Crippen LogP contribution in [0, 0.1) is 18.6 Å². The third kappa shape index (κ3) is 3.97. The molecule has 0 radical (unpaired) electrons. The number of nitrogens with one attached hydrogen (secondary N) is 3. The molecule has 0 saturated carbocycles. The monoisotopic (exact) mass is 343 g/mol. The van der Waals surface area contributed by atoms with Crippen molar-refractivity contribution in [2.45, 2.75) is 13.0 Å². The Morgan fingerprint density at radius 3 is 2.56 bits per heavy atom. The number of hydrogen-bond acceptors (Lipinski definition) is 3. The lowest BCUT2D eigenvalue weighted by molar-refractivity contribution is 0.249. The van der Waals surface area contributed by atoms with E-state index in [1.165, 1.54) is 0 Å². The molecule has 0 spiro atoms. The molecule has 8 heteroatoms. The number of hydrogen-bond donors (Lipinski definition) is 3. The molecule has 128 valence electrons. The first-order valence-electron chi connectivity index (χ1n) is 7.49. The van der Waals surface area contributed by atoms with Crippen LogP contribution in [-0.4, -0.2) is 21.2 Å². The average molecular weight is 343 g/mol. The number of aryl methyl sites for hydroxylation is 1. The van der Waals surface area contributed by atoms with E-state index < -0.39 is 23.7 Å². The first-order chi connectivity index (χ1) is 12.0. The number of urea groups is 1. The summed E-state index contributed by atoms with van der Waals surface area (Å²) in [4.78, 5) is 16.5. The number of H-pyrrole nitrogens is 1. The van der Waals surface area contributed by atoms with Crippen molar-refractivity contribution in [1.29, 1.82) is 0 Å². The second-order valence-corrected chi connectivity index (χ2v) is 5.35. The van der Waals surface area contributed by atoms with E-state index in [0.717, 1.165) is 17.7 Å². The van der Waals surface area contributed by atoms with Crippen LogP contribution in [0.2, 0.25) is 0 Å². The molecule has 0 aliphatic heterocycles. The Kier molecular flexibility index (Phi) is 4.69. The molecule has 25 heavy (non-hydrogen) atoms. The van der Waals surface area contributed by atoms with Crippen molar-refractivity contribution in [2.75, 3.05) is 5.32 Å². The fourth-order valence-electron chi connectivity index (χ4n) is 2.31. The van der Waals surface area contributed by atoms with Crippen molar-refractivity contribution in [1.82, 2.24) is 20.5 Å². The van der Waals surface area contributed by atoms with E-state index in [2.05, 4.69) is 25.8 Å². The second kappa shape index (κ2) is 7.08. The van der Waals surface area contributed by atoms with Gasteiger partial charge in [-0.05, 0) is 24.6 Å². The van der Waals surface area contributed by atoms with Gasteiger partial charge in [0.15, 0.2) is 5.82 Å². The van der Waals surface area contributed by atoms with Gasteiger partial charge in [-0.15, -0.1) is 0 Å². The number of rotatable bonds is 4. The lowest BCUT2D eigenvalue weighted by atomic mass is 10.1. The van der Waals surface area contributed by atoms with Gasteiger partial charge >= 0.3 is 6.03 Å². The fourth-order valence-corrected chi connectivity index (χ4v) is 2.31. The zero-order chi connectivity index (χ0) is 17.8. The van der Waals surface area contributed by atoms with Crippen molar-refractivity contribution < 1.29 is 13.6 Å². The molecule has 3 rings (SSSR count). The summed E-state index contributed by atoms with van der Waals surface area (Å²) >= 11 is 0. The molecule has 0 fully saturated rings. The molecule has 6 nitrogen and oxygen atoms in total. The van der Waals surface area contributed by atoms with Crippen molar-refractivity contribution >= 4 is 11.7 Å². The van der Waals surface area contributed by atoms with Crippen LogP contribution in [0.3, 0.4) is 0 Å². The first kappa shape index (κ1) is 16.6. The van der Waals surface area contributed by atoms with E-state index in [4.69, 9.17) is 0 Å². The average Bonchev–Trinajstić information content (AvgIpc) is 3.02. The van der Waals surface area contributed by atoms with Crippen molar-refractivity contribution in [3.8, 4) is 0 Å². The minimum absolute atomic E-state index is 0.128. The number of amides is 2. The number of halogens is 2. The van der Waals surface area contributed by atoms with Gasteiger partial charge in [-0.1, -0.05) is 30.3 Å². The van der Waals surface area contributed by atoms with Crippen LogP contribution in [-0.2, 0) is 0 Å². The van der Waals surface area contributed by atoms with Gasteiger partial charge in [0.1, 0.15) is 23.5 Å². The van der Waals surface area contributed by atoms with Crippen LogP contribution in [0.25, 0.3) is 0 Å². The Labute approximate surface area is 142 Å². The largest absolute Gasteiger partial charge is 0.324 e. The second-order valence-electron chi connectivity index (χ2n) is 5.35. The summed E-state index contributed by atoms with van der Waals surface area (Å²) in [7, 11) is 0. The topological polar surface area (TPSA) is 82.7 Å². The van der Waals surface area contributed by atoms with Gasteiger partial charge in [0.05, 0.1) is 5.69 Å². The Balaban J connectivity index is 1.81. The SMILES string of the molecule is Cc1nc([C@@H](NC(=O)Nc2ccc(F)cc2F)c2ccccc2)n[nH]1. The number of nitrogens with zero attached hydrogens (tertiary/aromatic N) is 2. The predicted octanol–water partition coefficient (Wildman–Crippen LogP) is 3.30. The van der Waals surface area contributed by atoms with E-state index in [1.807, 2.05) is 30.3 Å². The molecule has 0 unspecified atom stereocenters. The fraction of sp³-hybridized carbons (Fsp3) is 0.118. The maximum atomic E-state index is 13.7. The molecule has 1 atom stereocenters. The van der Waals surface area contributed by atoms with E-state index >= 15 is 0 Å². The van der Waals surface area contributed by atoms with Crippen LogP contribution in [0.5, 0.6) is 0 Å². The van der Waals surface area contributed by atoms with Gasteiger partial charge in [-0.3, -0.25) is 5.10 Å². The van der Waals surface area contributed by atoms with Gasteiger partial charge in [-0.25, -0.2) is 18.6 Å². The van der Waals surface area contributed by atoms with Crippen molar-refractivity contribution in [3.05, 3.63) is 77.4 Å². The normalized spacial score (nSPS) is 11.8. The van der Waals surface area contributed by atoms with Gasteiger partial charge in [0.2, 0.25) is 0 Å². The zero-order valence-electron chi connectivity index (χ0n) is 13.3. The van der Waals surface area contributed by atoms with Gasteiger partial charge < -0.3 is 10.6 Å². The van der Waals surface area contributed by atoms with Crippen LogP contribution < -0.4 is 10.6 Å². The molecular weight excluding hydrogens is 328 g/mol. The van der Waals surface area contributed by atoms with E-state index in [1.54, 1.807) is 6.92 Å². The third-order valence-electron chi connectivity index (χ3n) is 3.46. The molecule has 0 bridgehead atoms. The highest BCUT2D eigenvalue weighted by Crippen LogP contribution is 2.20. The van der Waals surface area contributed by atoms with E-state index in [-0.39, 0.29) is 5.69 Å². The number of aromatic amines is 1. The van der Waals surface area contributed by atoms with Gasteiger partial charge in [-0.2, -0.15) is 5.10 Å². The Morgan fingerprint density at radius 2 is 1.92 bits per heavy atom. The minimum Gasteiger partial charge on any atom is -0.324 e. The molecule has 1 heterocycles. The highest BCUT2D eigenvalue weighted by atomic mass is 19.1.